The van der Waals surface area contributed by atoms with Gasteiger partial charge in [0.1, 0.15) is 0 Å². The second-order valence-electron chi connectivity index (χ2n) is 6.81. The zero-order valence-corrected chi connectivity index (χ0v) is 14.9. The summed E-state index contributed by atoms with van der Waals surface area (Å²) in [5, 5.41) is 20.3. The summed E-state index contributed by atoms with van der Waals surface area (Å²) >= 11 is 0. The van der Waals surface area contributed by atoms with Crippen LogP contribution in [0.1, 0.15) is 28.3 Å². The van der Waals surface area contributed by atoms with E-state index >= 15 is 0 Å². The molecule has 6 heteroatoms. The van der Waals surface area contributed by atoms with E-state index in [0.29, 0.717) is 19.5 Å². The van der Waals surface area contributed by atoms with Crippen molar-refractivity contribution < 1.29 is 9.90 Å². The summed E-state index contributed by atoms with van der Waals surface area (Å²) in [5.41, 5.74) is 4.16. The number of rotatable bonds is 5. The molecule has 2 aromatic carbocycles. The third-order valence-corrected chi connectivity index (χ3v) is 4.82. The zero-order valence-electron chi connectivity index (χ0n) is 14.9. The Hall–Kier alpha value is -3.12. The van der Waals surface area contributed by atoms with Crippen molar-refractivity contribution in [3.63, 3.8) is 0 Å². The number of nitrogens with zero attached hydrogens (tertiary/aromatic N) is 2. The highest BCUT2D eigenvalue weighted by molar-refractivity contribution is 5.74. The van der Waals surface area contributed by atoms with Crippen LogP contribution in [0.5, 0.6) is 0 Å². The van der Waals surface area contributed by atoms with Gasteiger partial charge in [-0.1, -0.05) is 54.6 Å². The van der Waals surface area contributed by atoms with Gasteiger partial charge in [-0.15, -0.1) is 0 Å². The van der Waals surface area contributed by atoms with E-state index in [-0.39, 0.29) is 12.1 Å². The summed E-state index contributed by atoms with van der Waals surface area (Å²) in [6.07, 6.45) is 3.64. The number of fused-ring (bicyclic) bond motifs is 1. The molecule has 3 aromatic rings. The lowest BCUT2D eigenvalue weighted by Crippen LogP contribution is -2.40. The number of benzene rings is 2. The Bertz CT molecular complexity index is 923. The molecule has 4 rings (SSSR count). The molecule has 2 amide bonds. The molecule has 6 nitrogen and oxygen atoms in total. The third kappa shape index (κ3) is 4.01. The van der Waals surface area contributed by atoms with Gasteiger partial charge in [0.05, 0.1) is 24.9 Å². The summed E-state index contributed by atoms with van der Waals surface area (Å²) in [7, 11) is 0. The van der Waals surface area contributed by atoms with Crippen LogP contribution in [-0.4, -0.2) is 27.0 Å². The fraction of sp³-hybridized carbons (Fsp3) is 0.238. The molecule has 0 spiro atoms. The zero-order chi connectivity index (χ0) is 18.6. The minimum atomic E-state index is -0.596. The molecule has 0 fully saturated rings. The highest BCUT2D eigenvalue weighted by Gasteiger charge is 2.31. The van der Waals surface area contributed by atoms with Crippen LogP contribution in [-0.2, 0) is 19.5 Å². The minimum Gasteiger partial charge on any atom is -0.390 e. The van der Waals surface area contributed by atoms with Crippen LogP contribution in [0.2, 0.25) is 0 Å². The van der Waals surface area contributed by atoms with E-state index in [1.165, 1.54) is 5.56 Å². The van der Waals surface area contributed by atoms with E-state index < -0.39 is 6.10 Å². The number of aliphatic hydroxyl groups is 1. The molecule has 1 aliphatic rings. The second kappa shape index (κ2) is 7.63. The third-order valence-electron chi connectivity index (χ3n) is 4.82. The predicted molar refractivity (Wildman–Crippen MR) is 102 cm³/mol. The molecule has 2 unspecified atom stereocenters. The van der Waals surface area contributed by atoms with E-state index in [9.17, 15) is 9.90 Å². The number of amides is 2. The summed E-state index contributed by atoms with van der Waals surface area (Å²) in [4.78, 5) is 12.3. The molecule has 1 aliphatic carbocycles. The molecular formula is C21H22N4O2. The van der Waals surface area contributed by atoms with Gasteiger partial charge in [0, 0.05) is 24.7 Å². The van der Waals surface area contributed by atoms with Crippen molar-refractivity contribution in [2.45, 2.75) is 31.7 Å². The number of carbonyl (C=O) groups excluding carboxylic acids is 1. The molecule has 27 heavy (non-hydrogen) atoms. The molecule has 2 atom stereocenters. The summed E-state index contributed by atoms with van der Waals surface area (Å²) in [5.74, 6) is 0. The molecular weight excluding hydrogens is 340 g/mol. The van der Waals surface area contributed by atoms with E-state index in [0.717, 1.165) is 16.7 Å². The van der Waals surface area contributed by atoms with Gasteiger partial charge in [-0.25, -0.2) is 4.79 Å². The first-order valence-electron chi connectivity index (χ1n) is 9.04. The average molecular weight is 362 g/mol. The molecule has 1 heterocycles. The smallest absolute Gasteiger partial charge is 0.315 e. The Morgan fingerprint density at radius 2 is 1.89 bits per heavy atom. The Labute approximate surface area is 157 Å². The van der Waals surface area contributed by atoms with Gasteiger partial charge in [0.25, 0.3) is 0 Å². The molecule has 0 bridgehead atoms. The Kier molecular flexibility index (Phi) is 4.89. The molecule has 0 saturated heterocycles. The van der Waals surface area contributed by atoms with E-state index in [4.69, 9.17) is 0 Å². The number of nitrogens with one attached hydrogen (secondary N) is 2. The fourth-order valence-electron chi connectivity index (χ4n) is 3.48. The monoisotopic (exact) mass is 362 g/mol. The molecule has 3 N–H and O–H groups in total. The highest BCUT2D eigenvalue weighted by Crippen LogP contribution is 2.31. The first-order chi connectivity index (χ1) is 13.2. The van der Waals surface area contributed by atoms with Crippen LogP contribution >= 0.6 is 0 Å². The topological polar surface area (TPSA) is 79.2 Å². The van der Waals surface area contributed by atoms with Crippen LogP contribution in [0.4, 0.5) is 4.79 Å². The van der Waals surface area contributed by atoms with Crippen molar-refractivity contribution >= 4 is 6.03 Å². The van der Waals surface area contributed by atoms with Crippen LogP contribution in [0.3, 0.4) is 0 Å². The quantitative estimate of drug-likeness (QED) is 0.652. The molecule has 138 valence electrons. The predicted octanol–water partition coefficient (Wildman–Crippen LogP) is 2.39. The van der Waals surface area contributed by atoms with Crippen molar-refractivity contribution in [1.29, 1.82) is 0 Å². The number of hydrogen-bond donors (Lipinski definition) is 3. The lowest BCUT2D eigenvalue weighted by atomic mass is 10.1. The first-order valence-corrected chi connectivity index (χ1v) is 9.04. The van der Waals surface area contributed by atoms with Crippen molar-refractivity contribution in [3.05, 3.63) is 89.2 Å². The van der Waals surface area contributed by atoms with Crippen molar-refractivity contribution in [2.75, 3.05) is 0 Å². The van der Waals surface area contributed by atoms with Crippen LogP contribution in [0, 0.1) is 0 Å². The van der Waals surface area contributed by atoms with Crippen molar-refractivity contribution in [1.82, 2.24) is 20.4 Å². The molecule has 0 radical (unpaired) electrons. The number of aliphatic hydroxyl groups excluding tert-OH is 1. The van der Waals surface area contributed by atoms with Crippen LogP contribution in [0.15, 0.2) is 67.0 Å². The summed E-state index contributed by atoms with van der Waals surface area (Å²) in [6, 6.07) is 17.2. The summed E-state index contributed by atoms with van der Waals surface area (Å²) in [6.45, 7) is 1.07. The first kappa shape index (κ1) is 17.3. The van der Waals surface area contributed by atoms with Gasteiger partial charge in [-0.3, -0.25) is 4.68 Å². The van der Waals surface area contributed by atoms with Crippen molar-refractivity contribution in [2.24, 2.45) is 0 Å². The van der Waals surface area contributed by atoms with E-state index in [1.807, 2.05) is 53.3 Å². The van der Waals surface area contributed by atoms with Crippen LogP contribution < -0.4 is 10.6 Å². The Morgan fingerprint density at radius 1 is 1.11 bits per heavy atom. The maximum Gasteiger partial charge on any atom is 0.315 e. The maximum atomic E-state index is 12.3. The fourth-order valence-corrected chi connectivity index (χ4v) is 3.48. The molecule has 0 aliphatic heterocycles. The maximum absolute atomic E-state index is 12.3. The minimum absolute atomic E-state index is 0.299. The number of carbonyl (C=O) groups is 1. The van der Waals surface area contributed by atoms with Crippen LogP contribution in [0.25, 0.3) is 0 Å². The van der Waals surface area contributed by atoms with E-state index in [1.54, 1.807) is 6.20 Å². The Balaban J connectivity index is 1.31. The van der Waals surface area contributed by atoms with Gasteiger partial charge < -0.3 is 15.7 Å². The summed E-state index contributed by atoms with van der Waals surface area (Å²) < 4.78 is 1.85. The lowest BCUT2D eigenvalue weighted by molar-refractivity contribution is 0.142. The lowest BCUT2D eigenvalue weighted by Gasteiger charge is -2.18. The largest absolute Gasteiger partial charge is 0.390 e. The molecule has 1 aromatic heterocycles. The van der Waals surface area contributed by atoms with E-state index in [2.05, 4.69) is 27.9 Å². The average Bonchev–Trinajstić information content (AvgIpc) is 3.25. The van der Waals surface area contributed by atoms with Gasteiger partial charge in [-0.05, 0) is 16.7 Å². The number of hydrogen-bond acceptors (Lipinski definition) is 3. The van der Waals surface area contributed by atoms with Gasteiger partial charge in [0.2, 0.25) is 0 Å². The number of aromatic nitrogens is 2. The van der Waals surface area contributed by atoms with Crippen molar-refractivity contribution in [3.8, 4) is 0 Å². The van der Waals surface area contributed by atoms with Gasteiger partial charge in [0.15, 0.2) is 0 Å². The highest BCUT2D eigenvalue weighted by atomic mass is 16.3. The number of urea groups is 1. The second-order valence-corrected chi connectivity index (χ2v) is 6.81. The standard InChI is InChI=1S/C21H22N4O2/c26-19-10-17-8-4-5-9-18(17)20(19)24-21(27)22-11-16-12-23-25(14-16)13-15-6-2-1-3-7-15/h1-9,12,14,19-20,26H,10-11,13H2,(H2,22,24,27). The Morgan fingerprint density at radius 3 is 2.74 bits per heavy atom. The SMILES string of the molecule is O=C(NCc1cnn(Cc2ccccc2)c1)NC1c2ccccc2CC1O. The molecule has 0 saturated carbocycles. The normalized spacial score (nSPS) is 18.1. The van der Waals surface area contributed by atoms with Gasteiger partial charge in [-0.2, -0.15) is 5.10 Å². The van der Waals surface area contributed by atoms with Gasteiger partial charge >= 0.3 is 6.03 Å².